The van der Waals surface area contributed by atoms with E-state index in [4.69, 9.17) is 26.5 Å². The first-order valence-electron chi connectivity index (χ1n) is 10.9. The lowest BCUT2D eigenvalue weighted by molar-refractivity contribution is 0.0988. The van der Waals surface area contributed by atoms with Crippen molar-refractivity contribution in [1.82, 2.24) is 14.6 Å². The Hall–Kier alpha value is -4.17. The predicted molar refractivity (Wildman–Crippen MR) is 133 cm³/mol. The zero-order chi connectivity index (χ0) is 24.9. The highest BCUT2D eigenvalue weighted by Gasteiger charge is 2.22. The normalized spacial score (nSPS) is 12.2. The maximum absolute atomic E-state index is 13.4. The number of nitrogens with zero attached hydrogens (tertiary/aromatic N) is 3. The number of halogens is 1. The molecular weight excluding hydrogens is 468 g/mol. The molecule has 1 amide bonds. The summed E-state index contributed by atoms with van der Waals surface area (Å²) in [6.07, 6.45) is 2.92. The smallest absolute Gasteiger partial charge is 0.271 e. The highest BCUT2D eigenvalue weighted by Crippen LogP contribution is 2.33. The number of pyridine rings is 2. The Balaban J connectivity index is 1.67. The number of aryl methyl sites for hydroxylation is 1. The highest BCUT2D eigenvalue weighted by atomic mass is 35.5. The summed E-state index contributed by atoms with van der Waals surface area (Å²) in [5.41, 5.74) is 9.29. The first kappa shape index (κ1) is 22.6. The van der Waals surface area contributed by atoms with Gasteiger partial charge < -0.3 is 14.9 Å². The minimum atomic E-state index is -0.762. The van der Waals surface area contributed by atoms with Crippen LogP contribution in [-0.4, -0.2) is 20.5 Å². The molecule has 1 atom stereocenters. The summed E-state index contributed by atoms with van der Waals surface area (Å²) in [7, 11) is 0. The van der Waals surface area contributed by atoms with Gasteiger partial charge in [-0.25, -0.2) is 9.50 Å². The molecule has 0 aliphatic heterocycles. The van der Waals surface area contributed by atoms with Crippen LogP contribution in [0.4, 0.5) is 0 Å². The lowest BCUT2D eigenvalue weighted by Crippen LogP contribution is -2.17. The van der Waals surface area contributed by atoms with Crippen LogP contribution in [0.15, 0.2) is 64.1 Å². The fourth-order valence-electron chi connectivity index (χ4n) is 4.14. The highest BCUT2D eigenvalue weighted by molar-refractivity contribution is 6.29. The standard InChI is InChI=1S/C26H21ClN4O4/c1-13-10-18(15(3)34-20-6-7-21(27)30-22(20)26(28)33)25-19(11-13)23(32)14(2)24(35-25)16-4-5-17-8-9-29-31(17)12-16/h4-12,15H,1-3H3,(H2,28,33)/t15-/m1/s1. The number of hydrogen-bond donors (Lipinski definition) is 1. The van der Waals surface area contributed by atoms with Crippen LogP contribution < -0.4 is 15.9 Å². The first-order chi connectivity index (χ1) is 16.7. The van der Waals surface area contributed by atoms with Crippen LogP contribution >= 0.6 is 11.6 Å². The summed E-state index contributed by atoms with van der Waals surface area (Å²) >= 11 is 5.92. The first-order valence-corrected chi connectivity index (χ1v) is 11.3. The maximum atomic E-state index is 13.4. The van der Waals surface area contributed by atoms with E-state index in [-0.39, 0.29) is 22.0 Å². The molecule has 4 aromatic heterocycles. The number of aromatic nitrogens is 3. The lowest BCUT2D eigenvalue weighted by Gasteiger charge is -2.19. The molecule has 2 N–H and O–H groups in total. The Morgan fingerprint density at radius 2 is 1.97 bits per heavy atom. The third-order valence-electron chi connectivity index (χ3n) is 5.85. The van der Waals surface area contributed by atoms with Crippen molar-refractivity contribution < 1.29 is 13.9 Å². The number of rotatable bonds is 5. The van der Waals surface area contributed by atoms with E-state index in [9.17, 15) is 9.59 Å². The molecule has 0 bridgehead atoms. The van der Waals surface area contributed by atoms with E-state index >= 15 is 0 Å². The predicted octanol–water partition coefficient (Wildman–Crippen LogP) is 5.01. The van der Waals surface area contributed by atoms with Gasteiger partial charge in [0.25, 0.3) is 5.91 Å². The molecule has 4 heterocycles. The molecule has 0 spiro atoms. The molecule has 5 aromatic rings. The Morgan fingerprint density at radius 1 is 1.17 bits per heavy atom. The molecular formula is C26H21ClN4O4. The third-order valence-corrected chi connectivity index (χ3v) is 6.06. The van der Waals surface area contributed by atoms with Crippen molar-refractivity contribution in [3.05, 3.63) is 92.6 Å². The van der Waals surface area contributed by atoms with Crippen molar-refractivity contribution in [2.75, 3.05) is 0 Å². The van der Waals surface area contributed by atoms with Crippen LogP contribution in [0.25, 0.3) is 27.8 Å². The number of fused-ring (bicyclic) bond motifs is 2. The second-order valence-corrected chi connectivity index (χ2v) is 8.73. The second kappa shape index (κ2) is 8.56. The number of primary amides is 1. The molecule has 8 nitrogen and oxygen atoms in total. The van der Waals surface area contributed by atoms with E-state index in [0.717, 1.165) is 16.6 Å². The number of nitrogens with two attached hydrogens (primary N) is 1. The number of carbonyl (C=O) groups excluding carboxylic acids is 1. The molecule has 0 unspecified atom stereocenters. The van der Waals surface area contributed by atoms with E-state index in [1.807, 2.05) is 37.4 Å². The number of hydrogen-bond acceptors (Lipinski definition) is 6. The van der Waals surface area contributed by atoms with Gasteiger partial charge >= 0.3 is 0 Å². The van der Waals surface area contributed by atoms with Gasteiger partial charge in [0.15, 0.2) is 16.9 Å². The average molecular weight is 489 g/mol. The Morgan fingerprint density at radius 3 is 2.74 bits per heavy atom. The molecule has 0 fully saturated rings. The summed E-state index contributed by atoms with van der Waals surface area (Å²) in [4.78, 5) is 29.2. The SMILES string of the molecule is Cc1cc([C@@H](C)Oc2ccc(Cl)nc2C(N)=O)c2oc(-c3ccc4ccnn4c3)c(C)c(=O)c2c1. The Labute approximate surface area is 204 Å². The van der Waals surface area contributed by atoms with E-state index < -0.39 is 12.0 Å². The molecule has 0 radical (unpaired) electrons. The molecule has 35 heavy (non-hydrogen) atoms. The monoisotopic (exact) mass is 488 g/mol. The second-order valence-electron chi connectivity index (χ2n) is 8.34. The zero-order valence-electron chi connectivity index (χ0n) is 19.2. The molecule has 9 heteroatoms. The molecule has 0 aliphatic carbocycles. The molecule has 0 saturated heterocycles. The maximum Gasteiger partial charge on any atom is 0.271 e. The van der Waals surface area contributed by atoms with Crippen molar-refractivity contribution in [1.29, 1.82) is 0 Å². The van der Waals surface area contributed by atoms with Gasteiger partial charge in [0.05, 0.1) is 10.9 Å². The van der Waals surface area contributed by atoms with Gasteiger partial charge in [-0.1, -0.05) is 11.6 Å². The fraction of sp³-hybridized carbons (Fsp3) is 0.154. The number of carbonyl (C=O) groups is 1. The number of benzene rings is 1. The van der Waals surface area contributed by atoms with Gasteiger partial charge in [0.2, 0.25) is 0 Å². The average Bonchev–Trinajstić information content (AvgIpc) is 3.30. The largest absolute Gasteiger partial charge is 0.483 e. The van der Waals surface area contributed by atoms with Crippen LogP contribution in [0.1, 0.15) is 40.2 Å². The van der Waals surface area contributed by atoms with Crippen molar-refractivity contribution >= 4 is 34.0 Å². The van der Waals surface area contributed by atoms with E-state index in [0.29, 0.717) is 27.9 Å². The van der Waals surface area contributed by atoms with E-state index in [1.165, 1.54) is 12.1 Å². The fourth-order valence-corrected chi connectivity index (χ4v) is 4.29. The Bertz CT molecular complexity index is 1690. The van der Waals surface area contributed by atoms with Crippen LogP contribution in [0.5, 0.6) is 5.75 Å². The van der Waals surface area contributed by atoms with Gasteiger partial charge in [0.1, 0.15) is 22.6 Å². The van der Waals surface area contributed by atoms with Crippen LogP contribution in [0.2, 0.25) is 5.15 Å². The molecule has 1 aromatic carbocycles. The third kappa shape index (κ3) is 4.02. The van der Waals surface area contributed by atoms with Crippen LogP contribution in [0, 0.1) is 13.8 Å². The van der Waals surface area contributed by atoms with Gasteiger partial charge in [-0.2, -0.15) is 5.10 Å². The van der Waals surface area contributed by atoms with Crippen molar-refractivity contribution in [3.8, 4) is 17.1 Å². The lowest BCUT2D eigenvalue weighted by atomic mass is 10.00. The van der Waals surface area contributed by atoms with Gasteiger partial charge in [-0.3, -0.25) is 9.59 Å². The van der Waals surface area contributed by atoms with Gasteiger partial charge in [0, 0.05) is 29.1 Å². The van der Waals surface area contributed by atoms with E-state index in [2.05, 4.69) is 10.1 Å². The van der Waals surface area contributed by atoms with Crippen molar-refractivity contribution in [3.63, 3.8) is 0 Å². The summed E-state index contributed by atoms with van der Waals surface area (Å²) in [5, 5.41) is 4.85. The summed E-state index contributed by atoms with van der Waals surface area (Å²) < 4.78 is 14.2. The summed E-state index contributed by atoms with van der Waals surface area (Å²) in [6.45, 7) is 5.43. The zero-order valence-corrected chi connectivity index (χ0v) is 20.0. The minimum Gasteiger partial charge on any atom is -0.483 e. The van der Waals surface area contributed by atoms with Crippen molar-refractivity contribution in [2.24, 2.45) is 5.73 Å². The summed E-state index contributed by atoms with van der Waals surface area (Å²) in [5.74, 6) is -0.131. The van der Waals surface area contributed by atoms with Gasteiger partial charge in [-0.05, 0) is 68.8 Å². The number of amides is 1. The van der Waals surface area contributed by atoms with Gasteiger partial charge in [-0.15, -0.1) is 0 Å². The van der Waals surface area contributed by atoms with Crippen LogP contribution in [0.3, 0.4) is 0 Å². The number of ether oxygens (including phenoxy) is 1. The molecule has 5 rings (SSSR count). The quantitative estimate of drug-likeness (QED) is 0.348. The van der Waals surface area contributed by atoms with Crippen molar-refractivity contribution in [2.45, 2.75) is 26.9 Å². The molecule has 176 valence electrons. The van der Waals surface area contributed by atoms with Crippen LogP contribution in [-0.2, 0) is 0 Å². The minimum absolute atomic E-state index is 0.0770. The Kier molecular flexibility index (Phi) is 5.53. The summed E-state index contributed by atoms with van der Waals surface area (Å²) in [6, 6.07) is 12.4. The van der Waals surface area contributed by atoms with E-state index in [1.54, 1.807) is 30.6 Å². The molecule has 0 aliphatic rings. The topological polar surface area (TPSA) is 113 Å². The molecule has 0 saturated carbocycles.